The molecule has 0 bridgehead atoms. The number of aliphatic hydroxyl groups excluding tert-OH is 1. The normalized spacial score (nSPS) is 21.5. The van der Waals surface area contributed by atoms with Crippen LogP contribution < -0.4 is 0 Å². The van der Waals surface area contributed by atoms with Gasteiger partial charge in [-0.1, -0.05) is 0 Å². The number of hydrogen-bond acceptors (Lipinski definition) is 2. The predicted octanol–water partition coefficient (Wildman–Crippen LogP) is 2.64. The minimum atomic E-state index is -0.791. The Bertz CT molecular complexity index is 354. The molecule has 1 unspecified atom stereocenters. The quantitative estimate of drug-likeness (QED) is 0.719. The molecular weight excluding hydrogens is 206 g/mol. The average Bonchev–Trinajstić information content (AvgIpc) is 2.27. The van der Waals surface area contributed by atoms with E-state index in [0.717, 1.165) is 11.8 Å². The van der Waals surface area contributed by atoms with E-state index in [9.17, 15) is 13.9 Å². The summed E-state index contributed by atoms with van der Waals surface area (Å²) < 4.78 is 26.2. The fraction of sp³-hybridized carbons (Fsp3) is 0.400. The van der Waals surface area contributed by atoms with Gasteiger partial charge in [0.1, 0.15) is 11.6 Å². The van der Waals surface area contributed by atoms with Crippen LogP contribution in [0.2, 0.25) is 0 Å². The Kier molecular flexibility index (Phi) is 2.74. The van der Waals surface area contributed by atoms with Crippen LogP contribution in [-0.2, 0) is 5.75 Å². The third-order valence-electron chi connectivity index (χ3n) is 2.31. The van der Waals surface area contributed by atoms with Crippen LogP contribution in [0.25, 0.3) is 0 Å². The van der Waals surface area contributed by atoms with E-state index in [1.54, 1.807) is 11.8 Å². The molecule has 1 aromatic rings. The first-order chi connectivity index (χ1) is 6.68. The van der Waals surface area contributed by atoms with Crippen molar-refractivity contribution >= 4 is 11.8 Å². The lowest BCUT2D eigenvalue weighted by atomic mass is 10.0. The molecule has 1 N–H and O–H groups in total. The van der Waals surface area contributed by atoms with Crippen molar-refractivity contribution < 1.29 is 13.9 Å². The van der Waals surface area contributed by atoms with Crippen LogP contribution >= 0.6 is 11.8 Å². The van der Waals surface area contributed by atoms with Gasteiger partial charge in [0.25, 0.3) is 0 Å². The van der Waals surface area contributed by atoms with Crippen molar-refractivity contribution in [3.05, 3.63) is 34.9 Å². The van der Waals surface area contributed by atoms with Gasteiger partial charge in [0.2, 0.25) is 0 Å². The van der Waals surface area contributed by atoms with Crippen LogP contribution in [0.1, 0.15) is 23.7 Å². The molecule has 0 saturated heterocycles. The molecule has 1 nitrogen and oxygen atoms in total. The summed E-state index contributed by atoms with van der Waals surface area (Å²) in [7, 11) is 0. The highest BCUT2D eigenvalue weighted by Gasteiger charge is 2.21. The summed E-state index contributed by atoms with van der Waals surface area (Å²) >= 11 is 1.59. The number of benzene rings is 1. The van der Waals surface area contributed by atoms with Gasteiger partial charge in [-0.2, -0.15) is 11.8 Å². The van der Waals surface area contributed by atoms with Crippen LogP contribution in [0.15, 0.2) is 12.1 Å². The summed E-state index contributed by atoms with van der Waals surface area (Å²) in [6.07, 6.45) is -0.263. The zero-order valence-electron chi connectivity index (χ0n) is 7.46. The first-order valence-electron chi connectivity index (χ1n) is 4.42. The van der Waals surface area contributed by atoms with Crippen LogP contribution in [0.3, 0.4) is 0 Å². The van der Waals surface area contributed by atoms with Gasteiger partial charge in [0, 0.05) is 17.4 Å². The topological polar surface area (TPSA) is 20.2 Å². The first-order valence-corrected chi connectivity index (χ1v) is 5.57. The van der Waals surface area contributed by atoms with Crippen LogP contribution in [0.4, 0.5) is 8.78 Å². The van der Waals surface area contributed by atoms with E-state index >= 15 is 0 Å². The zero-order chi connectivity index (χ0) is 10.1. The molecule has 1 aliphatic rings. The maximum absolute atomic E-state index is 13.4. The minimum Gasteiger partial charge on any atom is -0.388 e. The SMILES string of the molecule is OC1CCSCc2cc(F)cc(F)c21. The molecule has 0 aliphatic carbocycles. The molecule has 0 radical (unpaired) electrons. The molecule has 0 spiro atoms. The summed E-state index contributed by atoms with van der Waals surface area (Å²) in [6.45, 7) is 0. The van der Waals surface area contributed by atoms with Gasteiger partial charge >= 0.3 is 0 Å². The summed E-state index contributed by atoms with van der Waals surface area (Å²) in [5.41, 5.74) is 0.855. The van der Waals surface area contributed by atoms with Gasteiger partial charge < -0.3 is 5.11 Å². The average molecular weight is 216 g/mol. The third kappa shape index (κ3) is 1.77. The Balaban J connectivity index is 2.53. The van der Waals surface area contributed by atoms with Gasteiger partial charge in [-0.25, -0.2) is 8.78 Å². The molecule has 1 atom stereocenters. The van der Waals surface area contributed by atoms with Gasteiger partial charge in [0.15, 0.2) is 0 Å². The van der Waals surface area contributed by atoms with E-state index in [2.05, 4.69) is 0 Å². The van der Waals surface area contributed by atoms with Gasteiger partial charge in [-0.3, -0.25) is 0 Å². The Hall–Kier alpha value is -0.610. The van der Waals surface area contributed by atoms with E-state index in [4.69, 9.17) is 0 Å². The van der Waals surface area contributed by atoms with Crippen molar-refractivity contribution in [3.63, 3.8) is 0 Å². The maximum Gasteiger partial charge on any atom is 0.132 e. The Morgan fingerprint density at radius 2 is 2.14 bits per heavy atom. The molecule has 0 amide bonds. The van der Waals surface area contributed by atoms with Gasteiger partial charge in [0.05, 0.1) is 6.10 Å². The van der Waals surface area contributed by atoms with Crippen LogP contribution in [-0.4, -0.2) is 10.9 Å². The number of fused-ring (bicyclic) bond motifs is 1. The highest BCUT2D eigenvalue weighted by atomic mass is 32.2. The number of rotatable bonds is 0. The maximum atomic E-state index is 13.4. The van der Waals surface area contributed by atoms with Crippen LogP contribution in [0.5, 0.6) is 0 Å². The van der Waals surface area contributed by atoms with E-state index < -0.39 is 17.7 Å². The number of thioether (sulfide) groups is 1. The number of aliphatic hydroxyl groups is 1. The highest BCUT2D eigenvalue weighted by molar-refractivity contribution is 7.98. The van der Waals surface area contributed by atoms with E-state index in [1.165, 1.54) is 6.07 Å². The molecule has 1 aromatic carbocycles. The largest absolute Gasteiger partial charge is 0.388 e. The second kappa shape index (κ2) is 3.87. The van der Waals surface area contributed by atoms with Crippen molar-refractivity contribution in [1.29, 1.82) is 0 Å². The molecule has 0 saturated carbocycles. The monoisotopic (exact) mass is 216 g/mol. The summed E-state index contributed by atoms with van der Waals surface area (Å²) in [4.78, 5) is 0. The molecule has 76 valence electrons. The summed E-state index contributed by atoms with van der Waals surface area (Å²) in [5, 5.41) is 9.64. The number of hydrogen-bond donors (Lipinski definition) is 1. The highest BCUT2D eigenvalue weighted by Crippen LogP contribution is 2.32. The smallest absolute Gasteiger partial charge is 0.132 e. The van der Waals surface area contributed by atoms with Crippen molar-refractivity contribution in [3.8, 4) is 0 Å². The summed E-state index contributed by atoms with van der Waals surface area (Å²) in [6, 6.07) is 2.14. The van der Waals surface area contributed by atoms with E-state index in [1.807, 2.05) is 0 Å². The predicted molar refractivity (Wildman–Crippen MR) is 52.1 cm³/mol. The molecule has 1 aliphatic heterocycles. The standard InChI is InChI=1S/C10H10F2OS/c11-7-3-6-5-14-2-1-9(13)10(6)8(12)4-7/h3-4,9,13H,1-2,5H2. The number of halogens is 2. The molecular formula is C10H10F2OS. The Morgan fingerprint density at radius 3 is 2.93 bits per heavy atom. The van der Waals surface area contributed by atoms with Gasteiger partial charge in [-0.05, 0) is 23.8 Å². The summed E-state index contributed by atoms with van der Waals surface area (Å²) in [5.74, 6) is 0.142. The zero-order valence-corrected chi connectivity index (χ0v) is 8.28. The van der Waals surface area contributed by atoms with Crippen LogP contribution in [0, 0.1) is 11.6 Å². The Morgan fingerprint density at radius 1 is 1.36 bits per heavy atom. The Labute approximate surface area is 85.1 Å². The molecule has 0 aromatic heterocycles. The molecule has 0 fully saturated rings. The molecule has 1 heterocycles. The fourth-order valence-electron chi connectivity index (χ4n) is 1.65. The second-order valence-electron chi connectivity index (χ2n) is 3.32. The van der Waals surface area contributed by atoms with Crippen molar-refractivity contribution in [1.82, 2.24) is 0 Å². The lowest BCUT2D eigenvalue weighted by Gasteiger charge is -2.11. The first kappa shape index (κ1) is 9.93. The van der Waals surface area contributed by atoms with E-state index in [0.29, 0.717) is 17.7 Å². The third-order valence-corrected chi connectivity index (χ3v) is 3.35. The molecule has 14 heavy (non-hydrogen) atoms. The van der Waals surface area contributed by atoms with Crippen molar-refractivity contribution in [2.75, 3.05) is 5.75 Å². The lowest BCUT2D eigenvalue weighted by Crippen LogP contribution is -2.04. The second-order valence-corrected chi connectivity index (χ2v) is 4.42. The fourth-order valence-corrected chi connectivity index (χ4v) is 2.65. The molecule has 2 rings (SSSR count). The molecule has 4 heteroatoms. The minimum absolute atomic E-state index is 0.274. The van der Waals surface area contributed by atoms with Crippen molar-refractivity contribution in [2.24, 2.45) is 0 Å². The van der Waals surface area contributed by atoms with E-state index in [-0.39, 0.29) is 5.56 Å². The van der Waals surface area contributed by atoms with Gasteiger partial charge in [-0.15, -0.1) is 0 Å². The lowest BCUT2D eigenvalue weighted by molar-refractivity contribution is 0.170. The van der Waals surface area contributed by atoms with Crippen molar-refractivity contribution in [2.45, 2.75) is 18.3 Å².